The first-order chi connectivity index (χ1) is 13.6. The Hall–Kier alpha value is -2.74. The molecule has 0 unspecified atom stereocenters. The van der Waals surface area contributed by atoms with Crippen molar-refractivity contribution >= 4 is 21.6 Å². The van der Waals surface area contributed by atoms with Gasteiger partial charge in [-0.3, -0.25) is 9.10 Å². The summed E-state index contributed by atoms with van der Waals surface area (Å²) in [7, 11) is -2.20. The molecule has 1 amide bonds. The van der Waals surface area contributed by atoms with Crippen LogP contribution in [0.2, 0.25) is 0 Å². The number of nitrogens with zero attached hydrogens (tertiary/aromatic N) is 1. The third kappa shape index (κ3) is 6.12. The molecule has 7 nitrogen and oxygen atoms in total. The maximum atomic E-state index is 12.7. The first-order valence-corrected chi connectivity index (χ1v) is 11.1. The Morgan fingerprint density at radius 1 is 1.14 bits per heavy atom. The minimum absolute atomic E-state index is 0.265. The Balaban J connectivity index is 2.09. The van der Waals surface area contributed by atoms with E-state index in [1.807, 2.05) is 31.2 Å². The molecule has 0 aromatic heterocycles. The van der Waals surface area contributed by atoms with E-state index < -0.39 is 22.0 Å². The van der Waals surface area contributed by atoms with Crippen LogP contribution in [0.25, 0.3) is 0 Å². The first-order valence-electron chi connectivity index (χ1n) is 9.25. The van der Waals surface area contributed by atoms with E-state index in [1.165, 1.54) is 7.11 Å². The van der Waals surface area contributed by atoms with Crippen molar-refractivity contribution in [3.05, 3.63) is 54.1 Å². The van der Waals surface area contributed by atoms with Gasteiger partial charge in [0.25, 0.3) is 0 Å². The number of rotatable bonds is 9. The highest BCUT2D eigenvalue weighted by Crippen LogP contribution is 2.25. The highest BCUT2D eigenvalue weighted by molar-refractivity contribution is 7.92. The SMILES string of the molecule is COc1cccc(N([C@@H](C)C(=O)N[C@@H](C)COc2ccccc2C)S(C)(=O)=O)c1. The fourth-order valence-electron chi connectivity index (χ4n) is 2.89. The quantitative estimate of drug-likeness (QED) is 0.674. The molecule has 0 aliphatic carbocycles. The van der Waals surface area contributed by atoms with Crippen LogP contribution in [0.4, 0.5) is 5.69 Å². The molecule has 0 spiro atoms. The van der Waals surface area contributed by atoms with Gasteiger partial charge in [0.05, 0.1) is 25.1 Å². The van der Waals surface area contributed by atoms with Crippen LogP contribution < -0.4 is 19.1 Å². The molecule has 2 aromatic carbocycles. The zero-order valence-corrected chi connectivity index (χ0v) is 18.2. The van der Waals surface area contributed by atoms with E-state index in [9.17, 15) is 13.2 Å². The average molecular weight is 421 g/mol. The summed E-state index contributed by atoms with van der Waals surface area (Å²) in [5.41, 5.74) is 1.36. The molecule has 0 bridgehead atoms. The van der Waals surface area contributed by atoms with Crippen LogP contribution in [0.5, 0.6) is 11.5 Å². The van der Waals surface area contributed by atoms with Crippen molar-refractivity contribution in [3.8, 4) is 11.5 Å². The first kappa shape index (κ1) is 22.5. The monoisotopic (exact) mass is 420 g/mol. The van der Waals surface area contributed by atoms with Gasteiger partial charge in [0.15, 0.2) is 0 Å². The van der Waals surface area contributed by atoms with Gasteiger partial charge in [0.2, 0.25) is 15.9 Å². The number of ether oxygens (including phenoxy) is 2. The van der Waals surface area contributed by atoms with Gasteiger partial charge in [0.1, 0.15) is 24.1 Å². The molecule has 2 aromatic rings. The van der Waals surface area contributed by atoms with E-state index >= 15 is 0 Å². The fourth-order valence-corrected chi connectivity index (χ4v) is 4.06. The highest BCUT2D eigenvalue weighted by atomic mass is 32.2. The molecule has 2 rings (SSSR count). The molecule has 29 heavy (non-hydrogen) atoms. The number of hydrogen-bond donors (Lipinski definition) is 1. The van der Waals surface area contributed by atoms with Crippen LogP contribution in [-0.2, 0) is 14.8 Å². The highest BCUT2D eigenvalue weighted by Gasteiger charge is 2.30. The summed E-state index contributed by atoms with van der Waals surface area (Å²) in [6.45, 7) is 5.56. The topological polar surface area (TPSA) is 84.9 Å². The van der Waals surface area contributed by atoms with Crippen molar-refractivity contribution < 1.29 is 22.7 Å². The van der Waals surface area contributed by atoms with E-state index in [0.717, 1.165) is 21.9 Å². The van der Waals surface area contributed by atoms with Gasteiger partial charge < -0.3 is 14.8 Å². The summed E-state index contributed by atoms with van der Waals surface area (Å²) < 4.78 is 36.8. The second kappa shape index (κ2) is 9.65. The number of methoxy groups -OCH3 is 1. The molecule has 0 aliphatic rings. The zero-order chi connectivity index (χ0) is 21.6. The van der Waals surface area contributed by atoms with E-state index in [-0.39, 0.29) is 12.6 Å². The van der Waals surface area contributed by atoms with Crippen LogP contribution in [0.1, 0.15) is 19.4 Å². The van der Waals surface area contributed by atoms with Crippen molar-refractivity contribution in [2.75, 3.05) is 24.3 Å². The number of hydrogen-bond acceptors (Lipinski definition) is 5. The molecule has 0 radical (unpaired) electrons. The Kier molecular flexibility index (Phi) is 7.50. The van der Waals surface area contributed by atoms with Crippen molar-refractivity contribution in [2.45, 2.75) is 32.9 Å². The summed E-state index contributed by atoms with van der Waals surface area (Å²) in [5.74, 6) is 0.832. The van der Waals surface area contributed by atoms with Crippen molar-refractivity contribution in [2.24, 2.45) is 0 Å². The molecule has 0 saturated heterocycles. The molecule has 0 fully saturated rings. The Morgan fingerprint density at radius 2 is 1.83 bits per heavy atom. The molecule has 0 saturated carbocycles. The number of anilines is 1. The number of benzene rings is 2. The molecule has 0 heterocycles. The Morgan fingerprint density at radius 3 is 2.45 bits per heavy atom. The second-order valence-electron chi connectivity index (χ2n) is 6.92. The number of para-hydroxylation sites is 1. The van der Waals surface area contributed by atoms with Crippen LogP contribution in [0, 0.1) is 6.92 Å². The fraction of sp³-hybridized carbons (Fsp3) is 0.381. The van der Waals surface area contributed by atoms with Crippen molar-refractivity contribution in [3.63, 3.8) is 0 Å². The molecule has 0 aliphatic heterocycles. The van der Waals surface area contributed by atoms with Gasteiger partial charge >= 0.3 is 0 Å². The lowest BCUT2D eigenvalue weighted by atomic mass is 10.2. The largest absolute Gasteiger partial charge is 0.497 e. The van der Waals surface area contributed by atoms with Crippen molar-refractivity contribution in [1.82, 2.24) is 5.32 Å². The number of sulfonamides is 1. The van der Waals surface area contributed by atoms with Gasteiger partial charge in [0, 0.05) is 6.07 Å². The maximum Gasteiger partial charge on any atom is 0.243 e. The van der Waals surface area contributed by atoms with Gasteiger partial charge in [-0.15, -0.1) is 0 Å². The Bertz CT molecular complexity index is 946. The van der Waals surface area contributed by atoms with Crippen LogP contribution in [0.3, 0.4) is 0 Å². The standard InChI is InChI=1S/C21H28N2O5S/c1-15-9-6-7-12-20(15)28-14-16(2)22-21(24)17(3)23(29(5,25)26)18-10-8-11-19(13-18)27-4/h6-13,16-17H,14H2,1-5H3,(H,22,24)/t16-,17-/m0/s1. The third-order valence-electron chi connectivity index (χ3n) is 4.37. The van der Waals surface area contributed by atoms with E-state index in [1.54, 1.807) is 38.1 Å². The number of aryl methyl sites for hydroxylation is 1. The van der Waals surface area contributed by atoms with Gasteiger partial charge in [-0.1, -0.05) is 24.3 Å². The number of amides is 1. The minimum atomic E-state index is -3.70. The predicted molar refractivity (Wildman–Crippen MR) is 114 cm³/mol. The number of carbonyl (C=O) groups is 1. The number of nitrogens with one attached hydrogen (secondary N) is 1. The summed E-state index contributed by atoms with van der Waals surface area (Å²) in [6, 6.07) is 12.9. The summed E-state index contributed by atoms with van der Waals surface area (Å²) in [6.07, 6.45) is 1.07. The third-order valence-corrected chi connectivity index (χ3v) is 5.61. The maximum absolute atomic E-state index is 12.7. The lowest BCUT2D eigenvalue weighted by molar-refractivity contribution is -0.122. The predicted octanol–water partition coefficient (Wildman–Crippen LogP) is 2.74. The Labute approximate surface area is 172 Å². The average Bonchev–Trinajstić information content (AvgIpc) is 2.66. The summed E-state index contributed by atoms with van der Waals surface area (Å²) in [4.78, 5) is 12.7. The van der Waals surface area contributed by atoms with Crippen molar-refractivity contribution in [1.29, 1.82) is 0 Å². The van der Waals surface area contributed by atoms with Gasteiger partial charge in [-0.2, -0.15) is 0 Å². The molecular weight excluding hydrogens is 392 g/mol. The van der Waals surface area contributed by atoms with Crippen LogP contribution >= 0.6 is 0 Å². The summed E-state index contributed by atoms with van der Waals surface area (Å²) in [5, 5.41) is 2.82. The lowest BCUT2D eigenvalue weighted by Gasteiger charge is -2.29. The van der Waals surface area contributed by atoms with E-state index in [4.69, 9.17) is 9.47 Å². The number of carbonyl (C=O) groups excluding carboxylic acids is 1. The van der Waals surface area contributed by atoms with E-state index in [2.05, 4.69) is 5.32 Å². The summed E-state index contributed by atoms with van der Waals surface area (Å²) >= 11 is 0. The van der Waals surface area contributed by atoms with Gasteiger partial charge in [-0.05, 0) is 44.5 Å². The molecular formula is C21H28N2O5S. The minimum Gasteiger partial charge on any atom is -0.497 e. The lowest BCUT2D eigenvalue weighted by Crippen LogP contribution is -2.50. The van der Waals surface area contributed by atoms with Crippen LogP contribution in [0.15, 0.2) is 48.5 Å². The van der Waals surface area contributed by atoms with E-state index in [0.29, 0.717) is 11.4 Å². The molecule has 2 atom stereocenters. The zero-order valence-electron chi connectivity index (χ0n) is 17.4. The second-order valence-corrected chi connectivity index (χ2v) is 8.78. The normalized spacial score (nSPS) is 13.3. The molecule has 158 valence electrons. The molecule has 1 N–H and O–H groups in total. The van der Waals surface area contributed by atoms with Crippen LogP contribution in [-0.4, -0.2) is 46.4 Å². The smallest absolute Gasteiger partial charge is 0.243 e. The van der Waals surface area contributed by atoms with Gasteiger partial charge in [-0.25, -0.2) is 8.42 Å². The molecule has 8 heteroatoms.